The Morgan fingerprint density at radius 1 is 1.73 bits per heavy atom. The number of hydrogen-bond donors (Lipinski definition) is 1. The van der Waals surface area contributed by atoms with Crippen molar-refractivity contribution in [3.05, 3.63) is 22.6 Å². The molecule has 1 amide bonds. The summed E-state index contributed by atoms with van der Waals surface area (Å²) in [5, 5.41) is 2.90. The largest absolute Gasteiger partial charge is 0.337 e. The molecular formula is C6H10N4O. The minimum Gasteiger partial charge on any atom is -0.241 e. The monoisotopic (exact) mass is 154 g/mol. The minimum atomic E-state index is -0.433. The number of carbonyl (C=O) groups is 1. The first-order valence-corrected chi connectivity index (χ1v) is 3.12. The van der Waals surface area contributed by atoms with Crippen molar-refractivity contribution >= 4 is 5.91 Å². The minimum absolute atomic E-state index is 0.0592. The van der Waals surface area contributed by atoms with E-state index in [1.54, 1.807) is 0 Å². The van der Waals surface area contributed by atoms with E-state index in [0.29, 0.717) is 5.57 Å². The third kappa shape index (κ3) is 3.27. The summed E-state index contributed by atoms with van der Waals surface area (Å²) in [7, 11) is 0. The molecule has 0 atom stereocenters. The van der Waals surface area contributed by atoms with Crippen molar-refractivity contribution in [3.8, 4) is 0 Å². The molecular weight excluding hydrogens is 144 g/mol. The number of nitrogens with one attached hydrogen (secondary N) is 1. The summed E-state index contributed by atoms with van der Waals surface area (Å²) in [6.07, 6.45) is 0. The highest BCUT2D eigenvalue weighted by Crippen LogP contribution is 2.05. The van der Waals surface area contributed by atoms with E-state index in [9.17, 15) is 4.79 Å². The van der Waals surface area contributed by atoms with E-state index in [1.165, 1.54) is 0 Å². The summed E-state index contributed by atoms with van der Waals surface area (Å²) < 4.78 is 0. The summed E-state index contributed by atoms with van der Waals surface area (Å²) >= 11 is 0. The number of amides is 1. The molecule has 0 bridgehead atoms. The number of hydrogen-bond acceptors (Lipinski definition) is 2. The number of rotatable bonds is 3. The Morgan fingerprint density at radius 2 is 2.27 bits per heavy atom. The van der Waals surface area contributed by atoms with Crippen LogP contribution in [0, 0.1) is 5.92 Å². The molecule has 0 aromatic rings. The smallest absolute Gasteiger partial charge is 0.241 e. The lowest BCUT2D eigenvalue weighted by molar-refractivity contribution is -0.117. The van der Waals surface area contributed by atoms with Gasteiger partial charge in [-0.05, 0) is 11.1 Å². The highest BCUT2D eigenvalue weighted by Gasteiger charge is 2.11. The van der Waals surface area contributed by atoms with Gasteiger partial charge in [-0.2, -0.15) is 10.3 Å². The molecule has 60 valence electrons. The fraction of sp³-hybridized carbons (Fsp3) is 0.500. The van der Waals surface area contributed by atoms with Crippen molar-refractivity contribution in [1.29, 1.82) is 0 Å². The third-order valence-electron chi connectivity index (χ3n) is 1.18. The predicted molar refractivity (Wildman–Crippen MR) is 41.3 cm³/mol. The zero-order chi connectivity index (χ0) is 8.85. The fourth-order valence-electron chi connectivity index (χ4n) is 0.402. The summed E-state index contributed by atoms with van der Waals surface area (Å²) in [5.74, 6) is -0.373. The second kappa shape index (κ2) is 4.35. The summed E-state index contributed by atoms with van der Waals surface area (Å²) in [5.41, 5.74) is 10.2. The average molecular weight is 154 g/mol. The number of azide groups is 1. The van der Waals surface area contributed by atoms with Gasteiger partial charge in [0, 0.05) is 5.57 Å². The lowest BCUT2D eigenvalue weighted by Crippen LogP contribution is -2.20. The molecule has 0 heterocycles. The van der Waals surface area contributed by atoms with Gasteiger partial charge in [0.25, 0.3) is 0 Å². The summed E-state index contributed by atoms with van der Waals surface area (Å²) in [6, 6.07) is 0. The van der Waals surface area contributed by atoms with E-state index < -0.39 is 5.91 Å². The van der Waals surface area contributed by atoms with E-state index in [2.05, 4.69) is 16.7 Å². The maximum Gasteiger partial charge on any atom is 0.337 e. The van der Waals surface area contributed by atoms with Gasteiger partial charge < -0.3 is 0 Å². The van der Waals surface area contributed by atoms with Crippen LogP contribution in [-0.2, 0) is 4.79 Å². The van der Waals surface area contributed by atoms with Crippen molar-refractivity contribution in [2.24, 2.45) is 11.1 Å². The third-order valence-corrected chi connectivity index (χ3v) is 1.18. The zero-order valence-corrected chi connectivity index (χ0v) is 6.53. The van der Waals surface area contributed by atoms with E-state index in [0.717, 1.165) is 0 Å². The maximum absolute atomic E-state index is 10.9. The van der Waals surface area contributed by atoms with Crippen LogP contribution >= 0.6 is 0 Å². The van der Waals surface area contributed by atoms with Gasteiger partial charge >= 0.3 is 5.91 Å². The highest BCUT2D eigenvalue weighted by molar-refractivity contribution is 5.92. The molecule has 11 heavy (non-hydrogen) atoms. The number of nitrogens with zero attached hydrogens (tertiary/aromatic N) is 3. The molecule has 0 aliphatic rings. The van der Waals surface area contributed by atoms with Gasteiger partial charge in [-0.15, -0.1) is 5.53 Å². The van der Waals surface area contributed by atoms with Gasteiger partial charge in [0.2, 0.25) is 0 Å². The Hall–Kier alpha value is -1.48. The van der Waals surface area contributed by atoms with E-state index in [-0.39, 0.29) is 5.92 Å². The molecule has 0 fully saturated rings. The molecule has 0 unspecified atom stereocenters. The van der Waals surface area contributed by atoms with Gasteiger partial charge in [0.15, 0.2) is 0 Å². The van der Waals surface area contributed by atoms with Crippen molar-refractivity contribution in [2.75, 3.05) is 0 Å². The molecule has 0 rings (SSSR count). The van der Waals surface area contributed by atoms with Crippen LogP contribution < -0.4 is 5.43 Å². The first-order valence-electron chi connectivity index (χ1n) is 3.12. The van der Waals surface area contributed by atoms with Crippen molar-refractivity contribution < 1.29 is 4.79 Å². The molecule has 5 nitrogen and oxygen atoms in total. The lowest BCUT2D eigenvalue weighted by Gasteiger charge is -2.02. The lowest BCUT2D eigenvalue weighted by atomic mass is 10.1. The molecule has 0 saturated heterocycles. The van der Waals surface area contributed by atoms with E-state index in [1.807, 2.05) is 19.3 Å². The molecule has 5 heteroatoms. The summed E-state index contributed by atoms with van der Waals surface area (Å²) in [4.78, 5) is 13.2. The van der Waals surface area contributed by atoms with Gasteiger partial charge in [0.1, 0.15) is 0 Å². The molecule has 0 saturated carbocycles. The Balaban J connectivity index is 4.04. The predicted octanol–water partition coefficient (Wildman–Crippen LogP) is 1.54. The fourth-order valence-corrected chi connectivity index (χ4v) is 0.402. The topological polar surface area (TPSA) is 77.9 Å². The SMILES string of the molecule is C=C(C(=O)NN=[N+]=[N-])C(C)C. The molecule has 0 aromatic carbocycles. The van der Waals surface area contributed by atoms with Crippen LogP contribution in [0.25, 0.3) is 10.4 Å². The average Bonchev–Trinajstić information content (AvgIpc) is 1.98. The van der Waals surface area contributed by atoms with Crippen LogP contribution in [0.5, 0.6) is 0 Å². The van der Waals surface area contributed by atoms with Crippen LogP contribution in [-0.4, -0.2) is 5.91 Å². The Morgan fingerprint density at radius 3 is 2.64 bits per heavy atom. The number of carbonyl (C=O) groups excluding carboxylic acids is 1. The summed E-state index contributed by atoms with van der Waals surface area (Å²) in [6.45, 7) is 7.17. The highest BCUT2D eigenvalue weighted by atomic mass is 16.2. The first kappa shape index (κ1) is 9.52. The first-order chi connectivity index (χ1) is 5.09. The molecule has 0 aliphatic carbocycles. The second-order valence-corrected chi connectivity index (χ2v) is 2.31. The zero-order valence-electron chi connectivity index (χ0n) is 6.53. The van der Waals surface area contributed by atoms with E-state index in [4.69, 9.17) is 5.53 Å². The Bertz CT molecular complexity index is 215. The van der Waals surface area contributed by atoms with Gasteiger partial charge in [-0.25, -0.2) is 4.79 Å². The Kier molecular flexibility index (Phi) is 3.77. The van der Waals surface area contributed by atoms with Crippen LogP contribution in [0.15, 0.2) is 17.4 Å². The van der Waals surface area contributed by atoms with Gasteiger partial charge in [0.05, 0.1) is 0 Å². The molecule has 0 aliphatic heterocycles. The second-order valence-electron chi connectivity index (χ2n) is 2.31. The van der Waals surface area contributed by atoms with Gasteiger partial charge in [-0.3, -0.25) is 0 Å². The van der Waals surface area contributed by atoms with Crippen LogP contribution in [0.4, 0.5) is 0 Å². The van der Waals surface area contributed by atoms with Crippen molar-refractivity contribution in [1.82, 2.24) is 5.43 Å². The normalized spacial score (nSPS) is 8.64. The van der Waals surface area contributed by atoms with Gasteiger partial charge in [-0.1, -0.05) is 20.4 Å². The molecule has 0 radical (unpaired) electrons. The van der Waals surface area contributed by atoms with E-state index >= 15 is 0 Å². The Labute approximate surface area is 64.7 Å². The molecule has 1 N–H and O–H groups in total. The quantitative estimate of drug-likeness (QED) is 0.216. The van der Waals surface area contributed by atoms with Crippen molar-refractivity contribution in [3.63, 3.8) is 0 Å². The van der Waals surface area contributed by atoms with Crippen molar-refractivity contribution in [2.45, 2.75) is 13.8 Å². The van der Waals surface area contributed by atoms with Crippen LogP contribution in [0.1, 0.15) is 13.8 Å². The molecule has 0 spiro atoms. The standard InChI is InChI=1S/C6H10N4O/c1-4(2)5(3)6(11)8-10-9-7/h4H,3H2,1-2H3,(H,8,11). The van der Waals surface area contributed by atoms with Crippen LogP contribution in [0.2, 0.25) is 0 Å². The maximum atomic E-state index is 10.9. The van der Waals surface area contributed by atoms with Crippen LogP contribution in [0.3, 0.4) is 0 Å². The molecule has 0 aromatic heterocycles.